The van der Waals surface area contributed by atoms with E-state index in [-0.39, 0.29) is 19.1 Å². The Kier molecular flexibility index (Phi) is 3.91. The molecule has 0 spiro atoms. The van der Waals surface area contributed by atoms with Crippen molar-refractivity contribution < 1.29 is 19.4 Å². The van der Waals surface area contributed by atoms with E-state index in [1.165, 1.54) is 12.7 Å². The Labute approximate surface area is 129 Å². The number of rotatable bonds is 4. The van der Waals surface area contributed by atoms with Gasteiger partial charge in [0.25, 0.3) is 5.91 Å². The summed E-state index contributed by atoms with van der Waals surface area (Å²) in [4.78, 5) is 26.1. The maximum Gasteiger partial charge on any atom is 0.313 e. The van der Waals surface area contributed by atoms with Gasteiger partial charge in [0.15, 0.2) is 0 Å². The predicted molar refractivity (Wildman–Crippen MR) is 80.9 cm³/mol. The number of nitrogens with zero attached hydrogens (tertiary/aromatic N) is 1. The van der Waals surface area contributed by atoms with Gasteiger partial charge in [0.05, 0.1) is 6.61 Å². The van der Waals surface area contributed by atoms with Gasteiger partial charge in [-0.2, -0.15) is 0 Å². The third-order valence-corrected chi connectivity index (χ3v) is 4.89. The Morgan fingerprint density at radius 3 is 2.91 bits per heavy atom. The highest BCUT2D eigenvalue weighted by Gasteiger charge is 2.46. The molecule has 0 bridgehead atoms. The number of carboxylic acids is 1. The number of amides is 1. The van der Waals surface area contributed by atoms with E-state index in [0.29, 0.717) is 13.0 Å². The third-order valence-electron chi connectivity index (χ3n) is 4.89. The molecule has 0 aromatic heterocycles. The van der Waals surface area contributed by atoms with Gasteiger partial charge in [-0.3, -0.25) is 9.59 Å². The number of fused-ring (bicyclic) bond motifs is 1. The Balaban J connectivity index is 1.83. The van der Waals surface area contributed by atoms with Gasteiger partial charge in [-0.05, 0) is 42.9 Å². The molecule has 5 nitrogen and oxygen atoms in total. The van der Waals surface area contributed by atoms with Crippen LogP contribution in [0.3, 0.4) is 0 Å². The number of benzene rings is 1. The summed E-state index contributed by atoms with van der Waals surface area (Å²) in [6, 6.07) is 5.87. The molecule has 1 aromatic rings. The molecule has 2 aliphatic rings. The lowest BCUT2D eigenvalue weighted by Gasteiger charge is -2.24. The monoisotopic (exact) mass is 303 g/mol. The second kappa shape index (κ2) is 5.72. The van der Waals surface area contributed by atoms with Crippen molar-refractivity contribution in [3.05, 3.63) is 34.9 Å². The molecule has 0 saturated carbocycles. The SMILES string of the molecule is COC[C@@]1(C(=O)O)CCN(C(=O)c2cccc3c2CCC3)C1. The zero-order valence-corrected chi connectivity index (χ0v) is 12.8. The Morgan fingerprint density at radius 2 is 2.18 bits per heavy atom. The van der Waals surface area contributed by atoms with Gasteiger partial charge >= 0.3 is 5.97 Å². The van der Waals surface area contributed by atoms with Gasteiger partial charge in [0.1, 0.15) is 5.41 Å². The molecular formula is C17H21NO4. The van der Waals surface area contributed by atoms with Crippen LogP contribution in [0.4, 0.5) is 0 Å². The van der Waals surface area contributed by atoms with Crippen molar-refractivity contribution in [1.29, 1.82) is 0 Å². The number of carbonyl (C=O) groups is 2. The van der Waals surface area contributed by atoms with E-state index in [9.17, 15) is 14.7 Å². The molecule has 3 rings (SSSR count). The van der Waals surface area contributed by atoms with Crippen LogP contribution in [0.5, 0.6) is 0 Å². The molecule has 1 atom stereocenters. The van der Waals surface area contributed by atoms with E-state index in [1.54, 1.807) is 4.90 Å². The molecule has 1 aromatic carbocycles. The van der Waals surface area contributed by atoms with Gasteiger partial charge in [-0.25, -0.2) is 0 Å². The van der Waals surface area contributed by atoms with Crippen molar-refractivity contribution >= 4 is 11.9 Å². The van der Waals surface area contributed by atoms with Crippen LogP contribution in [-0.2, 0) is 22.4 Å². The fourth-order valence-corrected chi connectivity index (χ4v) is 3.67. The molecule has 1 saturated heterocycles. The molecule has 118 valence electrons. The number of aliphatic carboxylic acids is 1. The molecule has 1 aliphatic heterocycles. The summed E-state index contributed by atoms with van der Waals surface area (Å²) < 4.78 is 5.08. The average molecular weight is 303 g/mol. The van der Waals surface area contributed by atoms with E-state index < -0.39 is 11.4 Å². The highest BCUT2D eigenvalue weighted by Crippen LogP contribution is 2.33. The smallest absolute Gasteiger partial charge is 0.313 e. The topological polar surface area (TPSA) is 66.8 Å². The van der Waals surface area contributed by atoms with Crippen molar-refractivity contribution in [2.75, 3.05) is 26.8 Å². The van der Waals surface area contributed by atoms with Crippen LogP contribution in [0.1, 0.15) is 34.3 Å². The first-order valence-electron chi connectivity index (χ1n) is 7.70. The molecule has 0 radical (unpaired) electrons. The van der Waals surface area contributed by atoms with Gasteiger partial charge < -0.3 is 14.7 Å². The Bertz CT molecular complexity index is 613. The summed E-state index contributed by atoms with van der Waals surface area (Å²) in [6.45, 7) is 0.829. The maximum absolute atomic E-state index is 12.8. The van der Waals surface area contributed by atoms with E-state index in [1.807, 2.05) is 12.1 Å². The quantitative estimate of drug-likeness (QED) is 0.920. The first-order valence-corrected chi connectivity index (χ1v) is 7.70. The number of ether oxygens (including phenoxy) is 1. The van der Waals surface area contributed by atoms with Crippen molar-refractivity contribution in [2.24, 2.45) is 5.41 Å². The van der Waals surface area contributed by atoms with E-state index in [2.05, 4.69) is 6.07 Å². The Morgan fingerprint density at radius 1 is 1.36 bits per heavy atom. The van der Waals surface area contributed by atoms with Crippen LogP contribution in [0.2, 0.25) is 0 Å². The first-order chi connectivity index (χ1) is 10.6. The van der Waals surface area contributed by atoms with E-state index >= 15 is 0 Å². The number of hydrogen-bond donors (Lipinski definition) is 1. The fourth-order valence-electron chi connectivity index (χ4n) is 3.67. The van der Waals surface area contributed by atoms with Crippen LogP contribution < -0.4 is 0 Å². The zero-order chi connectivity index (χ0) is 15.7. The minimum Gasteiger partial charge on any atom is -0.481 e. The van der Waals surface area contributed by atoms with Gasteiger partial charge in [0, 0.05) is 25.8 Å². The summed E-state index contributed by atoms with van der Waals surface area (Å²) in [5.41, 5.74) is 2.18. The number of carboxylic acid groups (broad SMARTS) is 1. The van der Waals surface area contributed by atoms with Crippen molar-refractivity contribution in [3.63, 3.8) is 0 Å². The predicted octanol–water partition coefficient (Wildman–Crippen LogP) is 1.74. The summed E-state index contributed by atoms with van der Waals surface area (Å²) in [5, 5.41) is 9.50. The molecule has 5 heteroatoms. The minimum atomic E-state index is -0.970. The second-order valence-electron chi connectivity index (χ2n) is 6.29. The molecule has 1 fully saturated rings. The van der Waals surface area contributed by atoms with E-state index in [4.69, 9.17) is 4.74 Å². The standard InChI is InChI=1S/C17H21NO4/c1-22-11-17(16(20)21)8-9-18(10-17)15(19)14-7-3-5-12-4-2-6-13(12)14/h3,5,7H,2,4,6,8-11H2,1H3,(H,20,21)/t17-/m1/s1. The normalized spacial score (nSPS) is 23.6. The number of methoxy groups -OCH3 is 1. The number of hydrogen-bond acceptors (Lipinski definition) is 3. The van der Waals surface area contributed by atoms with E-state index in [0.717, 1.165) is 30.4 Å². The lowest BCUT2D eigenvalue weighted by atomic mass is 9.88. The molecular weight excluding hydrogens is 282 g/mol. The highest BCUT2D eigenvalue weighted by molar-refractivity contribution is 5.97. The molecule has 0 unspecified atom stereocenters. The van der Waals surface area contributed by atoms with Crippen LogP contribution in [0.25, 0.3) is 0 Å². The molecule has 1 heterocycles. The van der Waals surface area contributed by atoms with Gasteiger partial charge in [0.2, 0.25) is 0 Å². The fraction of sp³-hybridized carbons (Fsp3) is 0.529. The number of aryl methyl sites for hydroxylation is 1. The number of carbonyl (C=O) groups excluding carboxylic acids is 1. The largest absolute Gasteiger partial charge is 0.481 e. The zero-order valence-electron chi connectivity index (χ0n) is 12.8. The van der Waals surface area contributed by atoms with Gasteiger partial charge in [-0.15, -0.1) is 0 Å². The van der Waals surface area contributed by atoms with Crippen LogP contribution in [0.15, 0.2) is 18.2 Å². The summed E-state index contributed by atoms with van der Waals surface area (Å²) in [6.07, 6.45) is 3.49. The number of likely N-dealkylation sites (tertiary alicyclic amines) is 1. The Hall–Kier alpha value is -1.88. The van der Waals surface area contributed by atoms with Crippen molar-refractivity contribution in [1.82, 2.24) is 4.90 Å². The third kappa shape index (κ3) is 2.39. The minimum absolute atomic E-state index is 0.0435. The molecule has 1 N–H and O–H groups in total. The summed E-state index contributed by atoms with van der Waals surface area (Å²) in [7, 11) is 1.50. The maximum atomic E-state index is 12.8. The summed E-state index contributed by atoms with van der Waals surface area (Å²) in [5.74, 6) is -0.930. The van der Waals surface area contributed by atoms with Crippen LogP contribution in [-0.4, -0.2) is 48.7 Å². The van der Waals surface area contributed by atoms with Crippen LogP contribution in [0, 0.1) is 5.41 Å². The highest BCUT2D eigenvalue weighted by atomic mass is 16.5. The average Bonchev–Trinajstić information content (AvgIpc) is 3.13. The lowest BCUT2D eigenvalue weighted by molar-refractivity contribution is -0.151. The molecule has 22 heavy (non-hydrogen) atoms. The van der Waals surface area contributed by atoms with Crippen molar-refractivity contribution in [3.8, 4) is 0 Å². The van der Waals surface area contributed by atoms with Crippen molar-refractivity contribution in [2.45, 2.75) is 25.7 Å². The summed E-state index contributed by atoms with van der Waals surface area (Å²) >= 11 is 0. The lowest BCUT2D eigenvalue weighted by Crippen LogP contribution is -2.40. The van der Waals surface area contributed by atoms with Crippen LogP contribution >= 0.6 is 0 Å². The molecule has 1 amide bonds. The van der Waals surface area contributed by atoms with Gasteiger partial charge in [-0.1, -0.05) is 12.1 Å². The molecule has 1 aliphatic carbocycles. The second-order valence-corrected chi connectivity index (χ2v) is 6.29. The first kappa shape index (κ1) is 15.0.